The SMILES string of the molecule is CCc1ccc(CCCc2cccc(CCNCC(N)=O)c2)cc1. The first-order valence-corrected chi connectivity index (χ1v) is 8.82. The molecule has 2 rings (SSSR count). The van der Waals surface area contributed by atoms with Gasteiger partial charge in [0.1, 0.15) is 0 Å². The number of nitrogens with two attached hydrogens (primary N) is 1. The maximum atomic E-state index is 10.7. The van der Waals surface area contributed by atoms with Crippen LogP contribution in [0, 0.1) is 0 Å². The summed E-state index contributed by atoms with van der Waals surface area (Å²) in [6, 6.07) is 17.7. The van der Waals surface area contributed by atoms with Gasteiger partial charge in [-0.1, -0.05) is 55.5 Å². The lowest BCUT2D eigenvalue weighted by Crippen LogP contribution is -2.29. The van der Waals surface area contributed by atoms with Crippen molar-refractivity contribution in [1.82, 2.24) is 5.32 Å². The van der Waals surface area contributed by atoms with Crippen LogP contribution in [0.3, 0.4) is 0 Å². The summed E-state index contributed by atoms with van der Waals surface area (Å²) < 4.78 is 0. The summed E-state index contributed by atoms with van der Waals surface area (Å²) in [6.45, 7) is 3.21. The second kappa shape index (κ2) is 9.89. The van der Waals surface area contributed by atoms with E-state index < -0.39 is 0 Å². The van der Waals surface area contributed by atoms with Crippen LogP contribution in [0.1, 0.15) is 35.6 Å². The number of carbonyl (C=O) groups excluding carboxylic acids is 1. The quantitative estimate of drug-likeness (QED) is 0.660. The summed E-state index contributed by atoms with van der Waals surface area (Å²) >= 11 is 0. The van der Waals surface area contributed by atoms with Crippen LogP contribution in [0.2, 0.25) is 0 Å². The van der Waals surface area contributed by atoms with Gasteiger partial charge in [-0.25, -0.2) is 0 Å². The van der Waals surface area contributed by atoms with Crippen molar-refractivity contribution in [2.24, 2.45) is 5.73 Å². The number of benzene rings is 2. The highest BCUT2D eigenvalue weighted by Gasteiger charge is 2.00. The van der Waals surface area contributed by atoms with E-state index in [0.29, 0.717) is 0 Å². The molecular weight excluding hydrogens is 296 g/mol. The van der Waals surface area contributed by atoms with Crippen molar-refractivity contribution in [3.63, 3.8) is 0 Å². The Bertz CT molecular complexity index is 635. The number of rotatable bonds is 10. The summed E-state index contributed by atoms with van der Waals surface area (Å²) in [6.07, 6.45) is 5.39. The zero-order valence-corrected chi connectivity index (χ0v) is 14.6. The minimum Gasteiger partial charge on any atom is -0.369 e. The van der Waals surface area contributed by atoms with E-state index in [1.165, 1.54) is 22.3 Å². The van der Waals surface area contributed by atoms with Crippen LogP contribution in [-0.4, -0.2) is 19.0 Å². The van der Waals surface area contributed by atoms with E-state index in [-0.39, 0.29) is 12.5 Å². The molecule has 0 radical (unpaired) electrons. The van der Waals surface area contributed by atoms with Gasteiger partial charge in [-0.3, -0.25) is 4.79 Å². The molecule has 0 aliphatic heterocycles. The summed E-state index contributed by atoms with van der Waals surface area (Å²) in [5.41, 5.74) is 10.6. The van der Waals surface area contributed by atoms with Gasteiger partial charge in [0.25, 0.3) is 0 Å². The highest BCUT2D eigenvalue weighted by Crippen LogP contribution is 2.12. The lowest BCUT2D eigenvalue weighted by molar-refractivity contribution is -0.117. The maximum absolute atomic E-state index is 10.7. The fraction of sp³-hybridized carbons (Fsp3) is 0.381. The molecule has 3 N–H and O–H groups in total. The predicted molar refractivity (Wildman–Crippen MR) is 100 cm³/mol. The van der Waals surface area contributed by atoms with Gasteiger partial charge in [0.05, 0.1) is 6.54 Å². The van der Waals surface area contributed by atoms with E-state index >= 15 is 0 Å². The molecule has 0 aliphatic carbocycles. The highest BCUT2D eigenvalue weighted by molar-refractivity contribution is 5.75. The Labute approximate surface area is 145 Å². The largest absolute Gasteiger partial charge is 0.369 e. The molecule has 0 aromatic heterocycles. The molecule has 0 atom stereocenters. The first kappa shape index (κ1) is 18.2. The number of hydrogen-bond donors (Lipinski definition) is 2. The van der Waals surface area contributed by atoms with Gasteiger partial charge in [0.15, 0.2) is 0 Å². The molecule has 0 unspecified atom stereocenters. The lowest BCUT2D eigenvalue weighted by atomic mass is 10.0. The van der Waals surface area contributed by atoms with E-state index in [4.69, 9.17) is 5.73 Å². The standard InChI is InChI=1S/C21H28N2O/c1-2-17-9-11-18(12-10-17)5-3-6-19-7-4-8-20(15-19)13-14-23-16-21(22)24/h4,7-12,15,23H,2-3,5-6,13-14,16H2,1H3,(H2,22,24). The summed E-state index contributed by atoms with van der Waals surface area (Å²) in [5, 5.41) is 3.05. The summed E-state index contributed by atoms with van der Waals surface area (Å²) in [7, 11) is 0. The Morgan fingerprint density at radius 3 is 2.21 bits per heavy atom. The second-order valence-corrected chi connectivity index (χ2v) is 6.24. The van der Waals surface area contributed by atoms with Crippen LogP contribution in [0.25, 0.3) is 0 Å². The smallest absolute Gasteiger partial charge is 0.231 e. The van der Waals surface area contributed by atoms with Crippen molar-refractivity contribution in [3.05, 3.63) is 70.8 Å². The molecule has 0 aliphatic rings. The number of primary amides is 1. The highest BCUT2D eigenvalue weighted by atomic mass is 16.1. The van der Waals surface area contributed by atoms with Crippen molar-refractivity contribution >= 4 is 5.91 Å². The second-order valence-electron chi connectivity index (χ2n) is 6.24. The first-order chi connectivity index (χ1) is 11.7. The minimum absolute atomic E-state index is 0.247. The van der Waals surface area contributed by atoms with Crippen LogP contribution in [-0.2, 0) is 30.5 Å². The van der Waals surface area contributed by atoms with E-state index in [2.05, 4.69) is 60.8 Å². The average Bonchev–Trinajstić information content (AvgIpc) is 2.60. The van der Waals surface area contributed by atoms with Crippen molar-refractivity contribution in [2.45, 2.75) is 39.0 Å². The number of hydrogen-bond acceptors (Lipinski definition) is 2. The number of aryl methyl sites for hydroxylation is 3. The molecule has 3 nitrogen and oxygen atoms in total. The molecular formula is C21H28N2O. The molecule has 2 aromatic carbocycles. The van der Waals surface area contributed by atoms with E-state index in [0.717, 1.165) is 38.6 Å². The van der Waals surface area contributed by atoms with E-state index in [1.54, 1.807) is 0 Å². The van der Waals surface area contributed by atoms with Gasteiger partial charge >= 0.3 is 0 Å². The van der Waals surface area contributed by atoms with Crippen LogP contribution in [0.15, 0.2) is 48.5 Å². The van der Waals surface area contributed by atoms with Gasteiger partial charge in [0.2, 0.25) is 5.91 Å². The number of carbonyl (C=O) groups is 1. The Morgan fingerprint density at radius 2 is 1.54 bits per heavy atom. The van der Waals surface area contributed by atoms with Gasteiger partial charge in [-0.05, 0) is 60.9 Å². The van der Waals surface area contributed by atoms with E-state index in [9.17, 15) is 4.79 Å². The summed E-state index contributed by atoms with van der Waals surface area (Å²) in [5.74, 6) is -0.310. The van der Waals surface area contributed by atoms with Gasteiger partial charge in [-0.15, -0.1) is 0 Å². The Kier molecular flexibility index (Phi) is 7.50. The third-order valence-corrected chi connectivity index (χ3v) is 4.24. The molecule has 0 fully saturated rings. The van der Waals surface area contributed by atoms with Crippen molar-refractivity contribution in [1.29, 1.82) is 0 Å². The minimum atomic E-state index is -0.310. The Hall–Kier alpha value is -2.13. The van der Waals surface area contributed by atoms with Crippen LogP contribution >= 0.6 is 0 Å². The number of amides is 1. The van der Waals surface area contributed by atoms with Gasteiger partial charge < -0.3 is 11.1 Å². The van der Waals surface area contributed by atoms with Crippen molar-refractivity contribution in [3.8, 4) is 0 Å². The normalized spacial score (nSPS) is 10.7. The zero-order chi connectivity index (χ0) is 17.2. The van der Waals surface area contributed by atoms with Crippen LogP contribution in [0.5, 0.6) is 0 Å². The monoisotopic (exact) mass is 324 g/mol. The fourth-order valence-electron chi connectivity index (χ4n) is 2.82. The Balaban J connectivity index is 1.75. The van der Waals surface area contributed by atoms with Crippen molar-refractivity contribution in [2.75, 3.05) is 13.1 Å². The molecule has 24 heavy (non-hydrogen) atoms. The molecule has 0 bridgehead atoms. The number of nitrogens with one attached hydrogen (secondary N) is 1. The third kappa shape index (κ3) is 6.55. The molecule has 3 heteroatoms. The van der Waals surface area contributed by atoms with Crippen LogP contribution < -0.4 is 11.1 Å². The van der Waals surface area contributed by atoms with Gasteiger partial charge in [0, 0.05) is 0 Å². The van der Waals surface area contributed by atoms with Crippen molar-refractivity contribution < 1.29 is 4.79 Å². The molecule has 1 amide bonds. The predicted octanol–water partition coefficient (Wildman–Crippen LogP) is 3.04. The molecule has 0 spiro atoms. The zero-order valence-electron chi connectivity index (χ0n) is 14.6. The summed E-state index contributed by atoms with van der Waals surface area (Å²) in [4.78, 5) is 10.7. The first-order valence-electron chi connectivity index (χ1n) is 8.82. The Morgan fingerprint density at radius 1 is 0.917 bits per heavy atom. The van der Waals surface area contributed by atoms with E-state index in [1.807, 2.05) is 0 Å². The lowest BCUT2D eigenvalue weighted by Gasteiger charge is -2.07. The average molecular weight is 324 g/mol. The molecule has 0 heterocycles. The molecule has 0 saturated heterocycles. The molecule has 128 valence electrons. The third-order valence-electron chi connectivity index (χ3n) is 4.24. The fourth-order valence-corrected chi connectivity index (χ4v) is 2.82. The maximum Gasteiger partial charge on any atom is 0.231 e. The molecule has 0 saturated carbocycles. The molecule has 2 aromatic rings. The topological polar surface area (TPSA) is 55.1 Å². The van der Waals surface area contributed by atoms with Crippen LogP contribution in [0.4, 0.5) is 0 Å². The van der Waals surface area contributed by atoms with Gasteiger partial charge in [-0.2, -0.15) is 0 Å².